The summed E-state index contributed by atoms with van der Waals surface area (Å²) in [7, 11) is -4.46. The van der Waals surface area contributed by atoms with Crippen molar-refractivity contribution in [1.82, 2.24) is 5.06 Å². The summed E-state index contributed by atoms with van der Waals surface area (Å²) in [6.07, 6.45) is -3.47. The van der Waals surface area contributed by atoms with E-state index in [0.717, 1.165) is 0 Å². The second kappa shape index (κ2) is 3.04. The molecule has 0 bridgehead atoms. The molecule has 1 aliphatic heterocycles. The van der Waals surface area contributed by atoms with E-state index < -0.39 is 25.7 Å². The Morgan fingerprint density at radius 3 is 2.00 bits per heavy atom. The topological polar surface area (TPSA) is 121 Å². The molecule has 0 spiro atoms. The van der Waals surface area contributed by atoms with Crippen LogP contribution in [0.4, 0.5) is 0 Å². The van der Waals surface area contributed by atoms with Crippen LogP contribution in [0.15, 0.2) is 0 Å². The van der Waals surface area contributed by atoms with Crippen LogP contribution >= 0.6 is 7.60 Å². The molecule has 0 aromatic heterocycles. The number of aliphatic hydroxyl groups is 2. The Hall–Kier alpha value is -0.0100. The largest absolute Gasteiger partial charge is 0.376 e. The van der Waals surface area contributed by atoms with Crippen molar-refractivity contribution < 1.29 is 29.8 Å². The minimum atomic E-state index is -4.46. The molecule has 0 aromatic rings. The molecule has 3 unspecified atom stereocenters. The van der Waals surface area contributed by atoms with Gasteiger partial charge in [-0.25, -0.2) is 0 Å². The van der Waals surface area contributed by atoms with Crippen molar-refractivity contribution in [2.75, 3.05) is 0 Å². The molecule has 1 fully saturated rings. The van der Waals surface area contributed by atoms with Gasteiger partial charge in [0.1, 0.15) is 18.1 Å². The van der Waals surface area contributed by atoms with E-state index >= 15 is 0 Å². The predicted octanol–water partition coefficient (Wildman–Crippen LogP) is -1.74. The standard InChI is InChI=1S/C4H10NO6P/c6-3-1-2(12(9,10)11)4(7)5(3)8/h2-4,6-8H,1H2,(H2,9,10,11). The van der Waals surface area contributed by atoms with E-state index in [-0.39, 0.29) is 11.5 Å². The number of aliphatic hydroxyl groups excluding tert-OH is 2. The van der Waals surface area contributed by atoms with Crippen LogP contribution in [0.5, 0.6) is 0 Å². The monoisotopic (exact) mass is 199 g/mol. The molecular formula is C4H10NO6P. The maximum absolute atomic E-state index is 10.6. The zero-order valence-corrected chi connectivity index (χ0v) is 6.87. The fourth-order valence-corrected chi connectivity index (χ4v) is 2.06. The SMILES string of the molecule is O=P(O)(O)C1CC(O)N(O)C1O. The van der Waals surface area contributed by atoms with Crippen molar-refractivity contribution >= 4 is 7.60 Å². The molecule has 1 saturated heterocycles. The molecule has 12 heavy (non-hydrogen) atoms. The summed E-state index contributed by atoms with van der Waals surface area (Å²) in [5.74, 6) is 0. The first-order valence-corrected chi connectivity index (χ1v) is 4.90. The maximum atomic E-state index is 10.6. The number of hydrogen-bond donors (Lipinski definition) is 5. The lowest BCUT2D eigenvalue weighted by atomic mass is 10.3. The second-order valence-corrected chi connectivity index (χ2v) is 4.51. The zero-order chi connectivity index (χ0) is 9.52. The fraction of sp³-hybridized carbons (Fsp3) is 1.00. The van der Waals surface area contributed by atoms with Crippen LogP contribution in [0, 0.1) is 0 Å². The van der Waals surface area contributed by atoms with Gasteiger partial charge in [-0.15, -0.1) is 5.06 Å². The Morgan fingerprint density at radius 1 is 1.33 bits per heavy atom. The molecule has 72 valence electrons. The number of hydrogen-bond acceptors (Lipinski definition) is 5. The molecule has 0 amide bonds. The van der Waals surface area contributed by atoms with E-state index in [2.05, 4.69) is 0 Å². The smallest absolute Gasteiger partial charge is 0.332 e. The van der Waals surface area contributed by atoms with E-state index in [0.29, 0.717) is 0 Å². The summed E-state index contributed by atoms with van der Waals surface area (Å²) in [6, 6.07) is 0. The minimum Gasteiger partial charge on any atom is -0.376 e. The summed E-state index contributed by atoms with van der Waals surface area (Å²) in [6.45, 7) is 0. The van der Waals surface area contributed by atoms with Gasteiger partial charge in [-0.2, -0.15) is 0 Å². The van der Waals surface area contributed by atoms with Crippen LogP contribution in [-0.4, -0.2) is 48.4 Å². The van der Waals surface area contributed by atoms with Crippen molar-refractivity contribution in [3.63, 3.8) is 0 Å². The maximum Gasteiger partial charge on any atom is 0.332 e. The number of hydroxylamine groups is 2. The molecular weight excluding hydrogens is 189 g/mol. The average molecular weight is 199 g/mol. The third-order valence-corrected chi connectivity index (χ3v) is 3.15. The summed E-state index contributed by atoms with van der Waals surface area (Å²) in [5.41, 5.74) is -1.42. The van der Waals surface area contributed by atoms with E-state index in [1.54, 1.807) is 0 Å². The van der Waals surface area contributed by atoms with Crippen LogP contribution in [0.3, 0.4) is 0 Å². The lowest BCUT2D eigenvalue weighted by molar-refractivity contribution is -0.237. The molecule has 8 heteroatoms. The van der Waals surface area contributed by atoms with Gasteiger partial charge < -0.3 is 25.2 Å². The van der Waals surface area contributed by atoms with Gasteiger partial charge in [0.15, 0.2) is 0 Å². The number of nitrogens with zero attached hydrogens (tertiary/aromatic N) is 1. The van der Waals surface area contributed by atoms with Crippen molar-refractivity contribution in [2.24, 2.45) is 0 Å². The Bertz CT molecular complexity index is 216. The second-order valence-electron chi connectivity index (χ2n) is 2.67. The summed E-state index contributed by atoms with van der Waals surface area (Å²) in [4.78, 5) is 17.3. The van der Waals surface area contributed by atoms with Crippen LogP contribution in [-0.2, 0) is 4.57 Å². The van der Waals surface area contributed by atoms with Gasteiger partial charge in [-0.05, 0) is 0 Å². The van der Waals surface area contributed by atoms with Gasteiger partial charge in [-0.3, -0.25) is 4.57 Å². The van der Waals surface area contributed by atoms with Gasteiger partial charge in [0.25, 0.3) is 0 Å². The molecule has 3 atom stereocenters. The Kier molecular flexibility index (Phi) is 2.55. The summed E-state index contributed by atoms with van der Waals surface area (Å²) in [5, 5.41) is 26.8. The minimum absolute atomic E-state index is 0.129. The van der Waals surface area contributed by atoms with Crippen LogP contribution in [0.1, 0.15) is 6.42 Å². The first kappa shape index (κ1) is 10.1. The zero-order valence-electron chi connectivity index (χ0n) is 5.98. The van der Waals surface area contributed by atoms with E-state index in [4.69, 9.17) is 25.2 Å². The van der Waals surface area contributed by atoms with E-state index in [1.165, 1.54) is 0 Å². The van der Waals surface area contributed by atoms with Crippen molar-refractivity contribution in [1.29, 1.82) is 0 Å². The molecule has 5 N–H and O–H groups in total. The molecule has 0 saturated carbocycles. The Balaban J connectivity index is 2.78. The third kappa shape index (κ3) is 1.67. The molecule has 1 aliphatic rings. The number of rotatable bonds is 1. The summed E-state index contributed by atoms with van der Waals surface area (Å²) < 4.78 is 10.6. The van der Waals surface area contributed by atoms with Gasteiger partial charge >= 0.3 is 7.60 Å². The molecule has 0 aliphatic carbocycles. The van der Waals surface area contributed by atoms with Crippen molar-refractivity contribution in [2.45, 2.75) is 24.5 Å². The normalized spacial score (nSPS) is 38.9. The van der Waals surface area contributed by atoms with Gasteiger partial charge in [0, 0.05) is 6.42 Å². The quantitative estimate of drug-likeness (QED) is 0.318. The fourth-order valence-electron chi connectivity index (χ4n) is 1.11. The van der Waals surface area contributed by atoms with Crippen LogP contribution < -0.4 is 0 Å². The predicted molar refractivity (Wildman–Crippen MR) is 36.1 cm³/mol. The highest BCUT2D eigenvalue weighted by Gasteiger charge is 2.47. The first-order valence-electron chi connectivity index (χ1n) is 3.22. The first-order chi connectivity index (χ1) is 5.34. The third-order valence-electron chi connectivity index (χ3n) is 1.80. The van der Waals surface area contributed by atoms with Crippen molar-refractivity contribution in [3.05, 3.63) is 0 Å². The molecule has 1 heterocycles. The van der Waals surface area contributed by atoms with E-state index in [9.17, 15) is 4.57 Å². The molecule has 0 radical (unpaired) electrons. The van der Waals surface area contributed by atoms with Gasteiger partial charge in [0.05, 0.1) is 0 Å². The highest BCUT2D eigenvalue weighted by atomic mass is 31.2. The van der Waals surface area contributed by atoms with Crippen LogP contribution in [0.2, 0.25) is 0 Å². The van der Waals surface area contributed by atoms with E-state index in [1.807, 2.05) is 0 Å². The lowest BCUT2D eigenvalue weighted by Gasteiger charge is -2.18. The molecule has 7 nitrogen and oxygen atoms in total. The highest BCUT2D eigenvalue weighted by molar-refractivity contribution is 7.52. The van der Waals surface area contributed by atoms with Crippen molar-refractivity contribution in [3.8, 4) is 0 Å². The summed E-state index contributed by atoms with van der Waals surface area (Å²) >= 11 is 0. The Labute approximate surface area is 68.0 Å². The molecule has 1 rings (SSSR count). The lowest BCUT2D eigenvalue weighted by Crippen LogP contribution is -2.35. The highest BCUT2D eigenvalue weighted by Crippen LogP contribution is 2.48. The van der Waals surface area contributed by atoms with Gasteiger partial charge in [-0.1, -0.05) is 0 Å². The van der Waals surface area contributed by atoms with Gasteiger partial charge in [0.2, 0.25) is 0 Å². The average Bonchev–Trinajstić information content (AvgIpc) is 2.15. The van der Waals surface area contributed by atoms with Crippen LogP contribution in [0.25, 0.3) is 0 Å². The molecule has 0 aromatic carbocycles. The Morgan fingerprint density at radius 2 is 1.83 bits per heavy atom.